The Morgan fingerprint density at radius 2 is 2.22 bits per heavy atom. The van der Waals surface area contributed by atoms with Gasteiger partial charge in [0.1, 0.15) is 16.6 Å². The van der Waals surface area contributed by atoms with E-state index in [1.807, 2.05) is 0 Å². The summed E-state index contributed by atoms with van der Waals surface area (Å²) >= 11 is 1.37. The van der Waals surface area contributed by atoms with Crippen molar-refractivity contribution in [2.75, 3.05) is 11.9 Å². The largest absolute Gasteiger partial charge is 0.376 e. The van der Waals surface area contributed by atoms with Crippen molar-refractivity contribution < 1.29 is 22.8 Å². The van der Waals surface area contributed by atoms with Gasteiger partial charge in [-0.3, -0.25) is 4.79 Å². The van der Waals surface area contributed by atoms with Crippen LogP contribution in [0.3, 0.4) is 0 Å². The Bertz CT molecular complexity index is 1020. The molecule has 3 aromatic rings. The number of carbonyl (C=O) groups is 1. The van der Waals surface area contributed by atoms with Gasteiger partial charge in [-0.15, -0.1) is 11.3 Å². The van der Waals surface area contributed by atoms with Crippen LogP contribution in [0.1, 0.15) is 21.8 Å². The van der Waals surface area contributed by atoms with E-state index in [0.717, 1.165) is 22.6 Å². The first kappa shape index (κ1) is 17.7. The molecule has 140 valence electrons. The Hall–Kier alpha value is -2.65. The summed E-state index contributed by atoms with van der Waals surface area (Å²) in [7, 11) is 0. The molecule has 27 heavy (non-hydrogen) atoms. The highest BCUT2D eigenvalue weighted by Gasteiger charge is 2.26. The fraction of sp³-hybridized carbons (Fsp3) is 0.278. The monoisotopic (exact) mass is 391 g/mol. The van der Waals surface area contributed by atoms with Crippen LogP contribution in [0.15, 0.2) is 22.7 Å². The maximum atomic E-state index is 13.8. The molecule has 0 radical (unpaired) electrons. The molecule has 0 atom stereocenters. The van der Waals surface area contributed by atoms with Gasteiger partial charge in [0.25, 0.3) is 5.89 Å². The predicted molar refractivity (Wildman–Crippen MR) is 94.4 cm³/mol. The Labute approximate surface area is 157 Å². The SMILES string of the molecule is Cc1noc(-c2c(NC(=O)Cc3ccc(F)cc3F)sc3c2CCOC3)n1. The number of nitrogens with one attached hydrogen (secondary N) is 1. The van der Waals surface area contributed by atoms with Gasteiger partial charge in [-0.25, -0.2) is 8.78 Å². The van der Waals surface area contributed by atoms with Crippen LogP contribution in [-0.2, 0) is 29.0 Å². The highest BCUT2D eigenvalue weighted by Crippen LogP contribution is 2.42. The molecule has 0 saturated carbocycles. The predicted octanol–water partition coefficient (Wildman–Crippen LogP) is 3.64. The zero-order valence-corrected chi connectivity index (χ0v) is 15.2. The zero-order valence-electron chi connectivity index (χ0n) is 14.3. The number of halogens is 2. The van der Waals surface area contributed by atoms with Crippen LogP contribution in [-0.4, -0.2) is 22.7 Å². The molecule has 0 unspecified atom stereocenters. The van der Waals surface area contributed by atoms with Crippen LogP contribution in [0.25, 0.3) is 11.5 Å². The van der Waals surface area contributed by atoms with E-state index in [-0.39, 0.29) is 12.0 Å². The van der Waals surface area contributed by atoms with Gasteiger partial charge < -0.3 is 14.6 Å². The van der Waals surface area contributed by atoms with Crippen molar-refractivity contribution in [1.82, 2.24) is 10.1 Å². The van der Waals surface area contributed by atoms with Crippen LogP contribution in [0, 0.1) is 18.6 Å². The average Bonchev–Trinajstić information content (AvgIpc) is 3.20. The molecule has 1 aliphatic heterocycles. The van der Waals surface area contributed by atoms with Crippen LogP contribution in [0.5, 0.6) is 0 Å². The number of nitrogens with zero attached hydrogens (tertiary/aromatic N) is 2. The molecular formula is C18H15F2N3O3S. The van der Waals surface area contributed by atoms with Gasteiger partial charge in [0.05, 0.1) is 25.2 Å². The van der Waals surface area contributed by atoms with Crippen LogP contribution in [0.2, 0.25) is 0 Å². The molecule has 1 aliphatic rings. The van der Waals surface area contributed by atoms with E-state index >= 15 is 0 Å². The molecule has 1 N–H and O–H groups in total. The lowest BCUT2D eigenvalue weighted by Gasteiger charge is -2.12. The second-order valence-corrected chi connectivity index (χ2v) is 7.22. The third-order valence-corrected chi connectivity index (χ3v) is 5.30. The lowest BCUT2D eigenvalue weighted by molar-refractivity contribution is -0.115. The fourth-order valence-electron chi connectivity index (χ4n) is 2.95. The summed E-state index contributed by atoms with van der Waals surface area (Å²) < 4.78 is 37.6. The smallest absolute Gasteiger partial charge is 0.261 e. The molecule has 1 aromatic carbocycles. The molecule has 1 amide bonds. The molecule has 9 heteroatoms. The Kier molecular flexibility index (Phi) is 4.71. The summed E-state index contributed by atoms with van der Waals surface area (Å²) in [5, 5.41) is 7.18. The van der Waals surface area contributed by atoms with Crippen LogP contribution in [0.4, 0.5) is 13.8 Å². The van der Waals surface area contributed by atoms with E-state index in [1.54, 1.807) is 6.92 Å². The molecule has 0 fully saturated rings. The molecule has 4 rings (SSSR count). The van der Waals surface area contributed by atoms with Crippen molar-refractivity contribution in [3.05, 3.63) is 51.7 Å². The third-order valence-electron chi connectivity index (χ3n) is 4.18. The van der Waals surface area contributed by atoms with E-state index in [2.05, 4.69) is 15.5 Å². The average molecular weight is 391 g/mol. The number of ether oxygens (including phenoxy) is 1. The maximum absolute atomic E-state index is 13.8. The van der Waals surface area contributed by atoms with Gasteiger partial charge in [0.15, 0.2) is 5.82 Å². The summed E-state index contributed by atoms with van der Waals surface area (Å²) in [6.45, 7) is 2.73. The van der Waals surface area contributed by atoms with Crippen molar-refractivity contribution in [3.63, 3.8) is 0 Å². The summed E-state index contributed by atoms with van der Waals surface area (Å²) in [4.78, 5) is 17.7. The number of rotatable bonds is 4. The minimum atomic E-state index is -0.753. The Morgan fingerprint density at radius 3 is 2.96 bits per heavy atom. The molecule has 0 saturated heterocycles. The van der Waals surface area contributed by atoms with Crippen LogP contribution >= 0.6 is 11.3 Å². The number of fused-ring (bicyclic) bond motifs is 1. The van der Waals surface area contributed by atoms with Crippen LogP contribution < -0.4 is 5.32 Å². The number of aryl methyl sites for hydroxylation is 1. The van der Waals surface area contributed by atoms with Gasteiger partial charge in [-0.05, 0) is 30.5 Å². The molecule has 2 aromatic heterocycles. The lowest BCUT2D eigenvalue weighted by atomic mass is 10.1. The van der Waals surface area contributed by atoms with Crippen molar-refractivity contribution >= 4 is 22.2 Å². The highest BCUT2D eigenvalue weighted by atomic mass is 32.1. The quantitative estimate of drug-likeness (QED) is 0.735. The fourth-order valence-corrected chi connectivity index (χ4v) is 4.15. The standard InChI is InChI=1S/C18H15F2N3O3S/c1-9-21-17(26-23-9)16-12-4-5-25-8-14(12)27-18(16)22-15(24)6-10-2-3-11(19)7-13(10)20/h2-3,7H,4-6,8H2,1H3,(H,22,24). The van der Waals surface area contributed by atoms with Crippen molar-refractivity contribution in [1.29, 1.82) is 0 Å². The first-order valence-corrected chi connectivity index (χ1v) is 9.09. The number of benzene rings is 1. The number of aromatic nitrogens is 2. The van der Waals surface area contributed by atoms with Gasteiger partial charge in [0.2, 0.25) is 5.91 Å². The highest BCUT2D eigenvalue weighted by molar-refractivity contribution is 7.17. The molecular weight excluding hydrogens is 376 g/mol. The Balaban J connectivity index is 1.63. The number of hydrogen-bond acceptors (Lipinski definition) is 6. The lowest BCUT2D eigenvalue weighted by Crippen LogP contribution is -2.15. The van der Waals surface area contributed by atoms with Gasteiger partial charge >= 0.3 is 0 Å². The van der Waals surface area contributed by atoms with E-state index in [4.69, 9.17) is 9.26 Å². The number of hydrogen-bond donors (Lipinski definition) is 1. The first-order valence-electron chi connectivity index (χ1n) is 8.28. The van der Waals surface area contributed by atoms with E-state index < -0.39 is 17.5 Å². The van der Waals surface area contributed by atoms with E-state index in [9.17, 15) is 13.6 Å². The van der Waals surface area contributed by atoms with Crippen molar-refractivity contribution in [2.24, 2.45) is 0 Å². The summed E-state index contributed by atoms with van der Waals surface area (Å²) in [6, 6.07) is 3.15. The number of carbonyl (C=O) groups excluding carboxylic acids is 1. The van der Waals surface area contributed by atoms with Gasteiger partial charge in [0, 0.05) is 10.9 Å². The molecule has 6 nitrogen and oxygen atoms in total. The minimum absolute atomic E-state index is 0.119. The Morgan fingerprint density at radius 1 is 1.37 bits per heavy atom. The first-order chi connectivity index (χ1) is 13.0. The van der Waals surface area contributed by atoms with Gasteiger partial charge in [-0.2, -0.15) is 4.98 Å². The number of anilines is 1. The number of thiophene rings is 1. The van der Waals surface area contributed by atoms with E-state index in [1.165, 1.54) is 17.4 Å². The van der Waals surface area contributed by atoms with Crippen molar-refractivity contribution in [2.45, 2.75) is 26.4 Å². The second kappa shape index (κ2) is 7.16. The van der Waals surface area contributed by atoms with E-state index in [0.29, 0.717) is 41.9 Å². The maximum Gasteiger partial charge on any atom is 0.261 e. The second-order valence-electron chi connectivity index (χ2n) is 6.12. The minimum Gasteiger partial charge on any atom is -0.376 e. The number of amides is 1. The van der Waals surface area contributed by atoms with Crippen molar-refractivity contribution in [3.8, 4) is 11.5 Å². The summed E-state index contributed by atoms with van der Waals surface area (Å²) in [5.41, 5.74) is 1.82. The molecule has 0 aliphatic carbocycles. The summed E-state index contributed by atoms with van der Waals surface area (Å²) in [5.74, 6) is -1.04. The molecule has 0 spiro atoms. The zero-order chi connectivity index (χ0) is 19.0. The van der Waals surface area contributed by atoms with Gasteiger partial charge in [-0.1, -0.05) is 11.2 Å². The topological polar surface area (TPSA) is 77.2 Å². The molecule has 3 heterocycles. The third kappa shape index (κ3) is 3.60. The normalized spacial score (nSPS) is 13.4. The molecule has 0 bridgehead atoms. The summed E-state index contributed by atoms with van der Waals surface area (Å²) in [6.07, 6.45) is 0.457.